The van der Waals surface area contributed by atoms with Crippen molar-refractivity contribution in [2.75, 3.05) is 5.73 Å². The zero-order valence-corrected chi connectivity index (χ0v) is 9.49. The van der Waals surface area contributed by atoms with E-state index in [4.69, 9.17) is 5.73 Å². The minimum absolute atomic E-state index is 0.487. The molecule has 4 N–H and O–H groups in total. The van der Waals surface area contributed by atoms with Crippen LogP contribution in [-0.2, 0) is 6.42 Å². The van der Waals surface area contributed by atoms with Crippen LogP contribution in [0, 0.1) is 0 Å². The molecule has 0 radical (unpaired) electrons. The molecule has 0 amide bonds. The van der Waals surface area contributed by atoms with Crippen molar-refractivity contribution in [1.82, 2.24) is 20.2 Å². The van der Waals surface area contributed by atoms with Crippen LogP contribution < -0.4 is 5.73 Å². The molecular weight excluding hydrogens is 214 g/mol. The quantitative estimate of drug-likeness (QED) is 0.626. The fraction of sp³-hybridized carbons (Fsp3) is 0.167. The Balaban J connectivity index is 2.23. The molecule has 5 nitrogen and oxygen atoms in total. The zero-order chi connectivity index (χ0) is 11.8. The van der Waals surface area contributed by atoms with Gasteiger partial charge in [-0.05, 0) is 18.6 Å². The molecule has 0 atom stereocenters. The van der Waals surface area contributed by atoms with E-state index in [2.05, 4.69) is 27.1 Å². The van der Waals surface area contributed by atoms with E-state index in [9.17, 15) is 0 Å². The topological polar surface area (TPSA) is 83.4 Å². The number of H-pyrrole nitrogens is 2. The molecule has 0 bridgehead atoms. The van der Waals surface area contributed by atoms with Crippen LogP contribution in [0.25, 0.3) is 22.4 Å². The van der Waals surface area contributed by atoms with Crippen LogP contribution in [0.4, 0.5) is 5.82 Å². The van der Waals surface area contributed by atoms with Crippen LogP contribution in [0.5, 0.6) is 0 Å². The van der Waals surface area contributed by atoms with E-state index in [-0.39, 0.29) is 0 Å². The first-order chi connectivity index (χ1) is 8.29. The van der Waals surface area contributed by atoms with Gasteiger partial charge in [-0.3, -0.25) is 5.10 Å². The predicted octanol–water partition coefficient (Wildman–Crippen LogP) is 2.10. The summed E-state index contributed by atoms with van der Waals surface area (Å²) in [5, 5.41) is 6.96. The Morgan fingerprint density at radius 3 is 2.88 bits per heavy atom. The Morgan fingerprint density at radius 2 is 2.12 bits per heavy atom. The minimum atomic E-state index is 0.487. The lowest BCUT2D eigenvalue weighted by Crippen LogP contribution is -1.91. The third kappa shape index (κ3) is 1.47. The van der Waals surface area contributed by atoms with Crippen LogP contribution in [0.15, 0.2) is 24.3 Å². The van der Waals surface area contributed by atoms with Gasteiger partial charge in [-0.15, -0.1) is 0 Å². The molecule has 0 saturated heterocycles. The highest BCUT2D eigenvalue weighted by atomic mass is 15.2. The van der Waals surface area contributed by atoms with Crippen molar-refractivity contribution in [1.29, 1.82) is 0 Å². The summed E-state index contributed by atoms with van der Waals surface area (Å²) in [6, 6.07) is 7.90. The number of hydrogen-bond donors (Lipinski definition) is 3. The van der Waals surface area contributed by atoms with Crippen molar-refractivity contribution < 1.29 is 0 Å². The number of imidazole rings is 1. The van der Waals surface area contributed by atoms with Crippen LogP contribution in [0.3, 0.4) is 0 Å². The second-order valence-corrected chi connectivity index (χ2v) is 3.92. The van der Waals surface area contributed by atoms with Crippen molar-refractivity contribution in [3.8, 4) is 11.4 Å². The number of hydrogen-bond acceptors (Lipinski definition) is 3. The molecule has 0 saturated carbocycles. The number of aryl methyl sites for hydroxylation is 1. The number of para-hydroxylation sites is 2. The second-order valence-electron chi connectivity index (χ2n) is 3.92. The molecule has 0 fully saturated rings. The molecule has 0 aliphatic carbocycles. The van der Waals surface area contributed by atoms with Crippen molar-refractivity contribution in [3.05, 3.63) is 30.0 Å². The lowest BCUT2D eigenvalue weighted by Gasteiger charge is -1.96. The van der Waals surface area contributed by atoms with Gasteiger partial charge in [0.2, 0.25) is 0 Å². The van der Waals surface area contributed by atoms with Crippen LogP contribution in [0.1, 0.15) is 12.6 Å². The normalized spacial score (nSPS) is 11.1. The highest BCUT2D eigenvalue weighted by molar-refractivity contribution is 5.82. The van der Waals surface area contributed by atoms with Gasteiger partial charge in [0.25, 0.3) is 0 Å². The number of nitrogens with zero attached hydrogens (tertiary/aromatic N) is 2. The number of rotatable bonds is 2. The summed E-state index contributed by atoms with van der Waals surface area (Å²) >= 11 is 0. The maximum absolute atomic E-state index is 5.87. The summed E-state index contributed by atoms with van der Waals surface area (Å²) in [5.41, 5.74) is 9.69. The monoisotopic (exact) mass is 227 g/mol. The summed E-state index contributed by atoms with van der Waals surface area (Å²) in [6.07, 6.45) is 0.844. The van der Waals surface area contributed by atoms with Crippen molar-refractivity contribution in [2.45, 2.75) is 13.3 Å². The number of aromatic amines is 2. The molecule has 3 rings (SSSR count). The predicted molar refractivity (Wildman–Crippen MR) is 67.5 cm³/mol. The molecule has 2 aromatic heterocycles. The second kappa shape index (κ2) is 3.62. The van der Waals surface area contributed by atoms with E-state index in [0.29, 0.717) is 5.82 Å². The van der Waals surface area contributed by atoms with Gasteiger partial charge in [-0.25, -0.2) is 4.98 Å². The number of anilines is 1. The molecule has 0 spiro atoms. The molecule has 5 heteroatoms. The van der Waals surface area contributed by atoms with Crippen molar-refractivity contribution in [3.63, 3.8) is 0 Å². The fourth-order valence-electron chi connectivity index (χ4n) is 1.99. The Bertz CT molecular complexity index is 631. The SMILES string of the molecule is CCc1[nH]nc(N)c1-c1nc2ccccc2[nH]1. The van der Waals surface area contributed by atoms with Gasteiger partial charge in [0.1, 0.15) is 5.82 Å². The molecule has 0 aliphatic heterocycles. The van der Waals surface area contributed by atoms with E-state index in [1.165, 1.54) is 0 Å². The first-order valence-electron chi connectivity index (χ1n) is 5.57. The highest BCUT2D eigenvalue weighted by Crippen LogP contribution is 2.27. The summed E-state index contributed by atoms with van der Waals surface area (Å²) in [6.45, 7) is 2.05. The van der Waals surface area contributed by atoms with Gasteiger partial charge < -0.3 is 10.7 Å². The fourth-order valence-corrected chi connectivity index (χ4v) is 1.99. The lowest BCUT2D eigenvalue weighted by atomic mass is 10.2. The number of nitrogens with two attached hydrogens (primary N) is 1. The third-order valence-corrected chi connectivity index (χ3v) is 2.85. The first kappa shape index (κ1) is 9.89. The Morgan fingerprint density at radius 1 is 1.29 bits per heavy atom. The van der Waals surface area contributed by atoms with Crippen LogP contribution in [0.2, 0.25) is 0 Å². The van der Waals surface area contributed by atoms with Gasteiger partial charge >= 0.3 is 0 Å². The molecular formula is C12H13N5. The molecule has 2 heterocycles. The maximum atomic E-state index is 5.87. The van der Waals surface area contributed by atoms with E-state index in [1.54, 1.807) is 0 Å². The molecule has 86 valence electrons. The molecule has 17 heavy (non-hydrogen) atoms. The highest BCUT2D eigenvalue weighted by Gasteiger charge is 2.15. The average molecular weight is 227 g/mol. The van der Waals surface area contributed by atoms with Gasteiger partial charge in [0.05, 0.1) is 16.6 Å². The van der Waals surface area contributed by atoms with Crippen LogP contribution >= 0.6 is 0 Å². The van der Waals surface area contributed by atoms with Gasteiger partial charge in [0.15, 0.2) is 5.82 Å². The number of nitrogen functional groups attached to an aromatic ring is 1. The summed E-state index contributed by atoms with van der Waals surface area (Å²) < 4.78 is 0. The van der Waals surface area contributed by atoms with Crippen LogP contribution in [-0.4, -0.2) is 20.2 Å². The van der Waals surface area contributed by atoms with E-state index < -0.39 is 0 Å². The Hall–Kier alpha value is -2.30. The van der Waals surface area contributed by atoms with Crippen molar-refractivity contribution >= 4 is 16.9 Å². The summed E-state index contributed by atoms with van der Waals surface area (Å²) in [7, 11) is 0. The summed E-state index contributed by atoms with van der Waals surface area (Å²) in [5.74, 6) is 1.26. The third-order valence-electron chi connectivity index (χ3n) is 2.85. The maximum Gasteiger partial charge on any atom is 0.156 e. The Kier molecular flexibility index (Phi) is 2.11. The van der Waals surface area contributed by atoms with E-state index in [0.717, 1.165) is 34.5 Å². The average Bonchev–Trinajstić information content (AvgIpc) is 2.91. The molecule has 1 aromatic carbocycles. The van der Waals surface area contributed by atoms with E-state index >= 15 is 0 Å². The lowest BCUT2D eigenvalue weighted by molar-refractivity contribution is 0.977. The van der Waals surface area contributed by atoms with Gasteiger partial charge in [-0.1, -0.05) is 19.1 Å². The smallest absolute Gasteiger partial charge is 0.156 e. The Labute approximate surface area is 98.1 Å². The molecule has 0 aliphatic rings. The molecule has 0 unspecified atom stereocenters. The van der Waals surface area contributed by atoms with Crippen molar-refractivity contribution in [2.24, 2.45) is 0 Å². The summed E-state index contributed by atoms with van der Waals surface area (Å²) in [4.78, 5) is 7.79. The number of fused-ring (bicyclic) bond motifs is 1. The number of aromatic nitrogens is 4. The minimum Gasteiger partial charge on any atom is -0.382 e. The van der Waals surface area contributed by atoms with E-state index in [1.807, 2.05) is 24.3 Å². The zero-order valence-electron chi connectivity index (χ0n) is 9.49. The standard InChI is InChI=1S/C12H13N5/c1-2-7-10(11(13)17-16-7)12-14-8-5-3-4-6-9(8)15-12/h3-6H,2H2,1H3,(H,14,15)(H3,13,16,17). The number of benzene rings is 1. The first-order valence-corrected chi connectivity index (χ1v) is 5.57. The molecule has 3 aromatic rings. The largest absolute Gasteiger partial charge is 0.382 e. The van der Waals surface area contributed by atoms with Gasteiger partial charge in [0, 0.05) is 5.69 Å². The number of nitrogens with one attached hydrogen (secondary N) is 2. The van der Waals surface area contributed by atoms with Gasteiger partial charge in [-0.2, -0.15) is 5.10 Å².